The van der Waals surface area contributed by atoms with E-state index in [2.05, 4.69) is 10.3 Å². The number of hydrogen-bond acceptors (Lipinski definition) is 4. The Hall–Kier alpha value is -2.11. The summed E-state index contributed by atoms with van der Waals surface area (Å²) in [6, 6.07) is 3.36. The number of carboxylic acid groups (broad SMARTS) is 1. The van der Waals surface area contributed by atoms with Gasteiger partial charge in [-0.3, -0.25) is 9.59 Å². The van der Waals surface area contributed by atoms with Crippen LogP contribution >= 0.6 is 0 Å². The van der Waals surface area contributed by atoms with Crippen LogP contribution in [0.4, 0.5) is 0 Å². The zero-order chi connectivity index (χ0) is 16.2. The first-order chi connectivity index (χ1) is 11.1. The third kappa shape index (κ3) is 4.00. The lowest BCUT2D eigenvalue weighted by Gasteiger charge is -2.14. The van der Waals surface area contributed by atoms with Gasteiger partial charge in [0, 0.05) is 18.3 Å². The monoisotopic (exact) mass is 318 g/mol. The van der Waals surface area contributed by atoms with E-state index in [0.29, 0.717) is 30.7 Å². The van der Waals surface area contributed by atoms with Crippen molar-refractivity contribution < 1.29 is 19.4 Å². The van der Waals surface area contributed by atoms with Crippen molar-refractivity contribution in [3.8, 4) is 5.88 Å². The summed E-state index contributed by atoms with van der Waals surface area (Å²) in [4.78, 5) is 27.3. The molecule has 0 spiro atoms. The minimum absolute atomic E-state index is 0.0713. The number of hydrogen-bond donors (Lipinski definition) is 2. The summed E-state index contributed by atoms with van der Waals surface area (Å²) in [7, 11) is 0. The van der Waals surface area contributed by atoms with Gasteiger partial charge in [-0.25, -0.2) is 4.98 Å². The minimum Gasteiger partial charge on any atom is -0.481 e. The predicted octanol–water partition coefficient (Wildman–Crippen LogP) is 2.39. The van der Waals surface area contributed by atoms with Crippen LogP contribution in [0.3, 0.4) is 0 Å². The number of aliphatic carboxylic acids is 1. The average molecular weight is 318 g/mol. The van der Waals surface area contributed by atoms with Crippen LogP contribution in [0.25, 0.3) is 0 Å². The molecule has 2 aliphatic rings. The van der Waals surface area contributed by atoms with Crippen LogP contribution in [0.1, 0.15) is 55.3 Å². The second-order valence-corrected chi connectivity index (χ2v) is 6.43. The first-order valence-electron chi connectivity index (χ1n) is 8.28. The van der Waals surface area contributed by atoms with Gasteiger partial charge >= 0.3 is 5.97 Å². The third-order valence-corrected chi connectivity index (χ3v) is 4.71. The van der Waals surface area contributed by atoms with Gasteiger partial charge in [0.05, 0.1) is 11.5 Å². The zero-order valence-corrected chi connectivity index (χ0v) is 13.0. The Morgan fingerprint density at radius 2 is 1.96 bits per heavy atom. The second-order valence-electron chi connectivity index (χ2n) is 6.43. The van der Waals surface area contributed by atoms with Crippen molar-refractivity contribution in [3.63, 3.8) is 0 Å². The number of aromatic nitrogens is 1. The molecular formula is C17H22N2O4. The molecule has 2 saturated carbocycles. The first-order valence-corrected chi connectivity index (χ1v) is 8.28. The summed E-state index contributed by atoms with van der Waals surface area (Å²) in [5, 5.41) is 11.9. The number of rotatable bonds is 5. The Labute approximate surface area is 135 Å². The smallest absolute Gasteiger partial charge is 0.306 e. The molecule has 3 rings (SSSR count). The number of carbonyl (C=O) groups excluding carboxylic acids is 1. The summed E-state index contributed by atoms with van der Waals surface area (Å²) in [6.45, 7) is 0. The van der Waals surface area contributed by atoms with E-state index in [1.165, 1.54) is 19.0 Å². The van der Waals surface area contributed by atoms with Crippen molar-refractivity contribution in [2.45, 2.75) is 57.1 Å². The fourth-order valence-corrected chi connectivity index (χ4v) is 3.37. The predicted molar refractivity (Wildman–Crippen MR) is 83.4 cm³/mol. The zero-order valence-electron chi connectivity index (χ0n) is 13.0. The van der Waals surface area contributed by atoms with E-state index in [1.807, 2.05) is 0 Å². The van der Waals surface area contributed by atoms with Gasteiger partial charge < -0.3 is 15.2 Å². The number of nitrogens with one attached hydrogen (secondary N) is 1. The van der Waals surface area contributed by atoms with Crippen molar-refractivity contribution in [3.05, 3.63) is 23.9 Å². The Morgan fingerprint density at radius 3 is 2.57 bits per heavy atom. The lowest BCUT2D eigenvalue weighted by atomic mass is 10.1. The number of ether oxygens (including phenoxy) is 1. The lowest BCUT2D eigenvalue weighted by molar-refractivity contribution is -0.141. The lowest BCUT2D eigenvalue weighted by Crippen LogP contribution is -2.33. The summed E-state index contributed by atoms with van der Waals surface area (Å²) in [5.41, 5.74) is 0.475. The summed E-state index contributed by atoms with van der Waals surface area (Å²) in [5.74, 6) is -0.779. The van der Waals surface area contributed by atoms with Crippen molar-refractivity contribution in [2.75, 3.05) is 0 Å². The van der Waals surface area contributed by atoms with Gasteiger partial charge in [-0.2, -0.15) is 0 Å². The molecule has 2 aliphatic carbocycles. The molecule has 6 heteroatoms. The highest BCUT2D eigenvalue weighted by Gasteiger charge is 2.30. The van der Waals surface area contributed by atoms with Gasteiger partial charge in [-0.15, -0.1) is 0 Å². The van der Waals surface area contributed by atoms with Gasteiger partial charge in [0.2, 0.25) is 5.88 Å². The molecule has 0 saturated heterocycles. The molecule has 1 amide bonds. The normalized spacial score (nSPS) is 24.5. The number of amides is 1. The topological polar surface area (TPSA) is 88.5 Å². The Bertz CT molecular complexity index is 566. The molecule has 0 bridgehead atoms. The molecule has 23 heavy (non-hydrogen) atoms. The molecule has 1 aromatic heterocycles. The molecule has 0 aromatic carbocycles. The van der Waals surface area contributed by atoms with E-state index < -0.39 is 5.97 Å². The molecule has 2 atom stereocenters. The number of nitrogens with zero attached hydrogens (tertiary/aromatic N) is 1. The van der Waals surface area contributed by atoms with E-state index in [-0.39, 0.29) is 24.0 Å². The van der Waals surface area contributed by atoms with Crippen LogP contribution in [0.15, 0.2) is 18.3 Å². The largest absolute Gasteiger partial charge is 0.481 e. The van der Waals surface area contributed by atoms with E-state index in [4.69, 9.17) is 9.84 Å². The third-order valence-electron chi connectivity index (χ3n) is 4.71. The molecule has 1 heterocycles. The molecule has 124 valence electrons. The highest BCUT2D eigenvalue weighted by molar-refractivity contribution is 5.94. The Balaban J connectivity index is 1.52. The van der Waals surface area contributed by atoms with Gasteiger partial charge in [0.1, 0.15) is 6.10 Å². The highest BCUT2D eigenvalue weighted by atomic mass is 16.5. The van der Waals surface area contributed by atoms with Crippen LogP contribution in [-0.4, -0.2) is 34.1 Å². The Morgan fingerprint density at radius 1 is 1.17 bits per heavy atom. The summed E-state index contributed by atoms with van der Waals surface area (Å²) >= 11 is 0. The molecule has 0 unspecified atom stereocenters. The average Bonchev–Trinajstić information content (AvgIpc) is 3.19. The van der Waals surface area contributed by atoms with Crippen LogP contribution < -0.4 is 10.1 Å². The number of carboxylic acids is 1. The maximum absolute atomic E-state index is 12.2. The highest BCUT2D eigenvalue weighted by Crippen LogP contribution is 2.26. The van der Waals surface area contributed by atoms with E-state index in [1.54, 1.807) is 12.1 Å². The van der Waals surface area contributed by atoms with Crippen molar-refractivity contribution in [1.29, 1.82) is 0 Å². The number of carbonyl (C=O) groups is 2. The van der Waals surface area contributed by atoms with Gasteiger partial charge in [0.15, 0.2) is 0 Å². The quantitative estimate of drug-likeness (QED) is 0.870. The minimum atomic E-state index is -0.781. The van der Waals surface area contributed by atoms with Crippen molar-refractivity contribution >= 4 is 11.9 Å². The maximum Gasteiger partial charge on any atom is 0.306 e. The molecule has 0 aliphatic heterocycles. The van der Waals surface area contributed by atoms with Gasteiger partial charge in [-0.05, 0) is 51.0 Å². The van der Waals surface area contributed by atoms with E-state index in [9.17, 15) is 9.59 Å². The van der Waals surface area contributed by atoms with Crippen LogP contribution in [-0.2, 0) is 4.79 Å². The molecule has 0 radical (unpaired) electrons. The Kier molecular flexibility index (Phi) is 4.79. The summed E-state index contributed by atoms with van der Waals surface area (Å²) < 4.78 is 5.78. The van der Waals surface area contributed by atoms with E-state index in [0.717, 1.165) is 12.8 Å². The molecular weight excluding hydrogens is 296 g/mol. The van der Waals surface area contributed by atoms with Crippen LogP contribution in [0.5, 0.6) is 5.88 Å². The van der Waals surface area contributed by atoms with E-state index >= 15 is 0 Å². The molecule has 2 fully saturated rings. The summed E-state index contributed by atoms with van der Waals surface area (Å²) in [6.07, 6.45) is 8.11. The molecule has 1 aromatic rings. The van der Waals surface area contributed by atoms with Crippen molar-refractivity contribution in [1.82, 2.24) is 10.3 Å². The maximum atomic E-state index is 12.2. The molecule has 2 N–H and O–H groups in total. The van der Waals surface area contributed by atoms with Crippen LogP contribution in [0, 0.1) is 5.92 Å². The second kappa shape index (κ2) is 6.98. The standard InChI is InChI=1S/C17H22N2O4/c20-16(19-13-7-5-11(9-13)17(21)22)12-6-8-15(18-10-12)23-14-3-1-2-4-14/h6,8,10-11,13-14H,1-5,7,9H2,(H,19,20)(H,21,22)/t11-,13+/m1/s1. The number of pyridine rings is 1. The molecule has 6 nitrogen and oxygen atoms in total. The fourth-order valence-electron chi connectivity index (χ4n) is 3.37. The van der Waals surface area contributed by atoms with Crippen LogP contribution in [0.2, 0.25) is 0 Å². The fraction of sp³-hybridized carbons (Fsp3) is 0.588. The van der Waals surface area contributed by atoms with Crippen molar-refractivity contribution in [2.24, 2.45) is 5.92 Å². The SMILES string of the molecule is O=C(N[C@H]1CC[C@@H](C(=O)O)C1)c1ccc(OC2CCCC2)nc1. The van der Waals surface area contributed by atoms with Gasteiger partial charge in [-0.1, -0.05) is 0 Å². The first kappa shape index (κ1) is 15.8. The van der Waals surface area contributed by atoms with Gasteiger partial charge in [0.25, 0.3) is 5.91 Å².